The van der Waals surface area contributed by atoms with E-state index < -0.39 is 29.2 Å². The zero-order chi connectivity index (χ0) is 16.4. The number of halogens is 3. The van der Waals surface area contributed by atoms with Crippen LogP contribution in [-0.2, 0) is 15.7 Å². The van der Waals surface area contributed by atoms with Crippen LogP contribution in [0, 0.1) is 0 Å². The van der Waals surface area contributed by atoms with Gasteiger partial charge in [0, 0.05) is 31.6 Å². The number of amides is 1. The molecule has 0 radical (unpaired) electrons. The first-order chi connectivity index (χ1) is 10.2. The van der Waals surface area contributed by atoms with E-state index in [9.17, 15) is 27.9 Å². The highest BCUT2D eigenvalue weighted by Gasteiger charge is 2.41. The fraction of sp³-hybridized carbons (Fsp3) is 0.429. The molecule has 0 aliphatic carbocycles. The largest absolute Gasteiger partial charge is 0.480 e. The minimum atomic E-state index is -4.49. The van der Waals surface area contributed by atoms with E-state index in [4.69, 9.17) is 4.74 Å². The molecule has 0 spiro atoms. The number of alkyl halides is 3. The number of carbonyl (C=O) groups is 2. The number of carbonyl (C=O) groups excluding carboxylic acids is 1. The van der Waals surface area contributed by atoms with E-state index in [0.717, 1.165) is 24.3 Å². The molecule has 0 unspecified atom stereocenters. The van der Waals surface area contributed by atoms with Crippen LogP contribution in [0.5, 0.6) is 0 Å². The van der Waals surface area contributed by atoms with Gasteiger partial charge in [-0.25, -0.2) is 4.79 Å². The van der Waals surface area contributed by atoms with Crippen molar-refractivity contribution in [3.8, 4) is 0 Å². The maximum absolute atomic E-state index is 12.5. The Morgan fingerprint density at radius 3 is 2.14 bits per heavy atom. The van der Waals surface area contributed by atoms with Crippen LogP contribution in [0.4, 0.5) is 13.2 Å². The number of aliphatic carboxylic acids is 1. The highest BCUT2D eigenvalue weighted by Crippen LogP contribution is 2.29. The summed E-state index contributed by atoms with van der Waals surface area (Å²) in [5.74, 6) is -1.91. The van der Waals surface area contributed by atoms with Gasteiger partial charge in [-0.3, -0.25) is 4.79 Å². The number of rotatable bonds is 3. The maximum atomic E-state index is 12.5. The molecule has 1 aromatic carbocycles. The number of hydrogen-bond acceptors (Lipinski definition) is 3. The van der Waals surface area contributed by atoms with Gasteiger partial charge < -0.3 is 15.2 Å². The minimum absolute atomic E-state index is 0.0277. The highest BCUT2D eigenvalue weighted by molar-refractivity contribution is 5.97. The van der Waals surface area contributed by atoms with Gasteiger partial charge in [-0.2, -0.15) is 13.2 Å². The molecule has 2 N–H and O–H groups in total. The van der Waals surface area contributed by atoms with Crippen LogP contribution in [0.1, 0.15) is 28.8 Å². The minimum Gasteiger partial charge on any atom is -0.480 e. The van der Waals surface area contributed by atoms with Gasteiger partial charge in [-0.05, 0) is 24.3 Å². The molecule has 120 valence electrons. The zero-order valence-corrected chi connectivity index (χ0v) is 11.4. The molecule has 1 aromatic rings. The first kappa shape index (κ1) is 16.3. The predicted octanol–water partition coefficient (Wildman–Crippen LogP) is 2.07. The van der Waals surface area contributed by atoms with Gasteiger partial charge in [0.1, 0.15) is 5.54 Å². The molecule has 5 nitrogen and oxygen atoms in total. The van der Waals surface area contributed by atoms with Crippen LogP contribution in [0.15, 0.2) is 24.3 Å². The third-order valence-corrected chi connectivity index (χ3v) is 3.58. The highest BCUT2D eigenvalue weighted by atomic mass is 19.4. The molecule has 0 saturated carbocycles. The topological polar surface area (TPSA) is 75.6 Å². The first-order valence-corrected chi connectivity index (χ1v) is 6.55. The summed E-state index contributed by atoms with van der Waals surface area (Å²) in [6, 6.07) is 3.61. The van der Waals surface area contributed by atoms with Gasteiger partial charge in [-0.15, -0.1) is 0 Å². The molecular formula is C14H14F3NO4. The lowest BCUT2D eigenvalue weighted by Gasteiger charge is -2.33. The van der Waals surface area contributed by atoms with E-state index in [1.54, 1.807) is 0 Å². The summed E-state index contributed by atoms with van der Waals surface area (Å²) in [6.45, 7) is 0.388. The molecule has 8 heteroatoms. The van der Waals surface area contributed by atoms with Crippen molar-refractivity contribution in [2.24, 2.45) is 0 Å². The van der Waals surface area contributed by atoms with Crippen molar-refractivity contribution in [1.82, 2.24) is 5.32 Å². The van der Waals surface area contributed by atoms with Crippen molar-refractivity contribution in [1.29, 1.82) is 0 Å². The van der Waals surface area contributed by atoms with E-state index in [-0.39, 0.29) is 31.6 Å². The number of hydrogen-bond donors (Lipinski definition) is 2. The van der Waals surface area contributed by atoms with E-state index >= 15 is 0 Å². The molecule has 0 aromatic heterocycles. The van der Waals surface area contributed by atoms with Crippen LogP contribution in [-0.4, -0.2) is 35.7 Å². The molecule has 1 heterocycles. The standard InChI is InChI=1S/C14H14F3NO4/c15-14(16,17)10-3-1-9(2-4-10)11(19)18-13(12(20)21)5-7-22-8-6-13/h1-4H,5-8H2,(H,18,19)(H,20,21). The molecule has 0 bridgehead atoms. The lowest BCUT2D eigenvalue weighted by atomic mass is 9.89. The Morgan fingerprint density at radius 1 is 1.14 bits per heavy atom. The zero-order valence-electron chi connectivity index (χ0n) is 11.4. The van der Waals surface area contributed by atoms with Gasteiger partial charge in [-0.1, -0.05) is 0 Å². The van der Waals surface area contributed by atoms with Crippen molar-refractivity contribution in [2.75, 3.05) is 13.2 Å². The molecule has 2 rings (SSSR count). The van der Waals surface area contributed by atoms with Gasteiger partial charge in [0.05, 0.1) is 5.56 Å². The third kappa shape index (κ3) is 3.38. The fourth-order valence-corrected chi connectivity index (χ4v) is 2.21. The van der Waals surface area contributed by atoms with Crippen molar-refractivity contribution >= 4 is 11.9 Å². The second-order valence-corrected chi connectivity index (χ2v) is 5.03. The number of carboxylic acids is 1. The Labute approximate surface area is 124 Å². The number of carboxylic acid groups (broad SMARTS) is 1. The Morgan fingerprint density at radius 2 is 1.68 bits per heavy atom. The van der Waals surface area contributed by atoms with Crippen LogP contribution >= 0.6 is 0 Å². The van der Waals surface area contributed by atoms with Gasteiger partial charge in [0.15, 0.2) is 0 Å². The summed E-state index contributed by atoms with van der Waals surface area (Å²) in [5, 5.41) is 11.7. The number of ether oxygens (including phenoxy) is 1. The predicted molar refractivity (Wildman–Crippen MR) is 69.3 cm³/mol. The van der Waals surface area contributed by atoms with Crippen LogP contribution < -0.4 is 5.32 Å². The SMILES string of the molecule is O=C(NC1(C(=O)O)CCOCC1)c1ccc(C(F)(F)F)cc1. The summed E-state index contributed by atoms with van der Waals surface area (Å²) in [7, 11) is 0. The molecule has 1 aliphatic rings. The average molecular weight is 317 g/mol. The van der Waals surface area contributed by atoms with Crippen molar-refractivity contribution in [2.45, 2.75) is 24.6 Å². The summed E-state index contributed by atoms with van der Waals surface area (Å²) in [5.41, 5.74) is -2.35. The molecule has 1 aliphatic heterocycles. The Hall–Kier alpha value is -2.09. The lowest BCUT2D eigenvalue weighted by molar-refractivity contribution is -0.148. The van der Waals surface area contributed by atoms with E-state index in [1.807, 2.05) is 0 Å². The maximum Gasteiger partial charge on any atom is 0.416 e. The van der Waals surface area contributed by atoms with Gasteiger partial charge in [0.2, 0.25) is 0 Å². The molecule has 22 heavy (non-hydrogen) atoms. The quantitative estimate of drug-likeness (QED) is 0.895. The Bertz CT molecular complexity index is 562. The monoisotopic (exact) mass is 317 g/mol. The fourth-order valence-electron chi connectivity index (χ4n) is 2.21. The first-order valence-electron chi connectivity index (χ1n) is 6.55. The van der Waals surface area contributed by atoms with Crippen molar-refractivity contribution < 1.29 is 32.6 Å². The summed E-state index contributed by atoms with van der Waals surface area (Å²) < 4.78 is 42.5. The number of benzene rings is 1. The van der Waals surface area contributed by atoms with Gasteiger partial charge >= 0.3 is 12.1 Å². The van der Waals surface area contributed by atoms with Crippen LogP contribution in [0.25, 0.3) is 0 Å². The smallest absolute Gasteiger partial charge is 0.416 e. The average Bonchev–Trinajstić information content (AvgIpc) is 2.47. The van der Waals surface area contributed by atoms with E-state index in [0.29, 0.717) is 0 Å². The van der Waals surface area contributed by atoms with Crippen LogP contribution in [0.3, 0.4) is 0 Å². The van der Waals surface area contributed by atoms with Crippen molar-refractivity contribution in [3.63, 3.8) is 0 Å². The van der Waals surface area contributed by atoms with Crippen molar-refractivity contribution in [3.05, 3.63) is 35.4 Å². The normalized spacial score (nSPS) is 17.8. The third-order valence-electron chi connectivity index (χ3n) is 3.58. The summed E-state index contributed by atoms with van der Waals surface area (Å²) >= 11 is 0. The summed E-state index contributed by atoms with van der Waals surface area (Å²) in [4.78, 5) is 23.5. The molecular weight excluding hydrogens is 303 g/mol. The molecule has 1 fully saturated rings. The molecule has 0 atom stereocenters. The summed E-state index contributed by atoms with van der Waals surface area (Å²) in [6.07, 6.45) is -4.28. The van der Waals surface area contributed by atoms with E-state index in [1.165, 1.54) is 0 Å². The van der Waals surface area contributed by atoms with Gasteiger partial charge in [0.25, 0.3) is 5.91 Å². The molecule has 1 saturated heterocycles. The van der Waals surface area contributed by atoms with Crippen LogP contribution in [0.2, 0.25) is 0 Å². The molecule has 1 amide bonds. The number of nitrogens with one attached hydrogen (secondary N) is 1. The van der Waals surface area contributed by atoms with E-state index in [2.05, 4.69) is 5.32 Å². The Kier molecular flexibility index (Phi) is 4.41. The second kappa shape index (κ2) is 5.96. The Balaban J connectivity index is 2.15. The lowest BCUT2D eigenvalue weighted by Crippen LogP contribution is -2.57. The second-order valence-electron chi connectivity index (χ2n) is 5.03.